The maximum Gasteiger partial charge on any atom is 0.131 e. The standard InChI is InChI=1S/C15H13NO2/c1-15(10-16-17)11-6-2-4-8-13(11)18-14-9-5-3-7-12(14)15/h2-10,17H,1H3/b16-10+. The van der Waals surface area contributed by atoms with Crippen LogP contribution in [0.5, 0.6) is 11.5 Å². The number of para-hydroxylation sites is 2. The Bertz CT molecular complexity index is 574. The number of fused-ring (bicyclic) bond motifs is 2. The number of hydrogen-bond acceptors (Lipinski definition) is 3. The highest BCUT2D eigenvalue weighted by molar-refractivity contribution is 5.82. The first-order chi connectivity index (χ1) is 8.75. The number of oxime groups is 1. The molecule has 0 aromatic heterocycles. The molecule has 0 bridgehead atoms. The molecular formula is C15H13NO2. The van der Waals surface area contributed by atoms with Crippen molar-refractivity contribution >= 4 is 6.21 Å². The Morgan fingerprint density at radius 3 is 2.00 bits per heavy atom. The van der Waals surface area contributed by atoms with E-state index in [2.05, 4.69) is 5.16 Å². The highest BCUT2D eigenvalue weighted by Crippen LogP contribution is 2.46. The molecule has 2 aromatic rings. The first-order valence-corrected chi connectivity index (χ1v) is 5.81. The van der Waals surface area contributed by atoms with Gasteiger partial charge in [0.1, 0.15) is 11.5 Å². The summed E-state index contributed by atoms with van der Waals surface area (Å²) >= 11 is 0. The summed E-state index contributed by atoms with van der Waals surface area (Å²) in [4.78, 5) is 0. The van der Waals surface area contributed by atoms with Crippen molar-refractivity contribution in [2.75, 3.05) is 0 Å². The second-order valence-corrected chi connectivity index (χ2v) is 4.54. The minimum atomic E-state index is -0.472. The summed E-state index contributed by atoms with van der Waals surface area (Å²) in [7, 11) is 0. The van der Waals surface area contributed by atoms with Crippen molar-refractivity contribution in [3.05, 3.63) is 59.7 Å². The summed E-state index contributed by atoms with van der Waals surface area (Å²) in [5.41, 5.74) is 1.53. The number of benzene rings is 2. The van der Waals surface area contributed by atoms with Crippen LogP contribution in [0.25, 0.3) is 0 Å². The van der Waals surface area contributed by atoms with Crippen LogP contribution in [-0.4, -0.2) is 11.4 Å². The summed E-state index contributed by atoms with van der Waals surface area (Å²) in [6.45, 7) is 2.02. The normalized spacial score (nSPS) is 15.8. The summed E-state index contributed by atoms with van der Waals surface area (Å²) in [6, 6.07) is 15.6. The molecule has 90 valence electrons. The van der Waals surface area contributed by atoms with Crippen LogP contribution >= 0.6 is 0 Å². The lowest BCUT2D eigenvalue weighted by Gasteiger charge is -2.33. The van der Waals surface area contributed by atoms with Gasteiger partial charge in [0.25, 0.3) is 0 Å². The first kappa shape index (κ1) is 10.8. The monoisotopic (exact) mass is 239 g/mol. The fourth-order valence-electron chi connectivity index (χ4n) is 2.49. The maximum absolute atomic E-state index is 8.96. The molecule has 2 aromatic carbocycles. The van der Waals surface area contributed by atoms with Gasteiger partial charge in [0.05, 0.1) is 11.6 Å². The summed E-state index contributed by atoms with van der Waals surface area (Å²) in [5, 5.41) is 12.2. The molecule has 0 amide bonds. The molecule has 3 heteroatoms. The van der Waals surface area contributed by atoms with E-state index < -0.39 is 5.41 Å². The van der Waals surface area contributed by atoms with Gasteiger partial charge in [-0.15, -0.1) is 5.16 Å². The van der Waals surface area contributed by atoms with E-state index in [1.165, 1.54) is 0 Å². The largest absolute Gasteiger partial charge is 0.457 e. The van der Waals surface area contributed by atoms with E-state index in [-0.39, 0.29) is 0 Å². The maximum atomic E-state index is 8.96. The van der Waals surface area contributed by atoms with E-state index in [1.54, 1.807) is 6.21 Å². The van der Waals surface area contributed by atoms with E-state index >= 15 is 0 Å². The zero-order valence-electron chi connectivity index (χ0n) is 10.00. The van der Waals surface area contributed by atoms with Gasteiger partial charge in [-0.2, -0.15) is 0 Å². The lowest BCUT2D eigenvalue weighted by Crippen LogP contribution is -2.29. The SMILES string of the molecule is CC1(/C=N/O)c2ccccc2Oc2ccccc21. The minimum Gasteiger partial charge on any atom is -0.457 e. The molecule has 1 N–H and O–H groups in total. The third kappa shape index (κ3) is 1.40. The van der Waals surface area contributed by atoms with Gasteiger partial charge in [-0.05, 0) is 19.1 Å². The summed E-state index contributed by atoms with van der Waals surface area (Å²) in [5.74, 6) is 1.61. The van der Waals surface area contributed by atoms with E-state index in [1.807, 2.05) is 55.5 Å². The van der Waals surface area contributed by atoms with Gasteiger partial charge in [0.2, 0.25) is 0 Å². The fourth-order valence-corrected chi connectivity index (χ4v) is 2.49. The Morgan fingerprint density at radius 1 is 1.00 bits per heavy atom. The van der Waals surface area contributed by atoms with Crippen molar-refractivity contribution < 1.29 is 9.94 Å². The molecule has 0 atom stereocenters. The van der Waals surface area contributed by atoms with Gasteiger partial charge in [-0.3, -0.25) is 0 Å². The number of rotatable bonds is 1. The summed E-state index contributed by atoms with van der Waals surface area (Å²) < 4.78 is 5.88. The molecule has 18 heavy (non-hydrogen) atoms. The van der Waals surface area contributed by atoms with E-state index in [9.17, 15) is 0 Å². The number of hydrogen-bond donors (Lipinski definition) is 1. The lowest BCUT2D eigenvalue weighted by molar-refractivity contribution is 0.317. The Labute approximate surface area is 105 Å². The molecule has 0 radical (unpaired) electrons. The minimum absolute atomic E-state index is 0.472. The third-order valence-corrected chi connectivity index (χ3v) is 3.43. The van der Waals surface area contributed by atoms with Gasteiger partial charge < -0.3 is 9.94 Å². The molecule has 1 heterocycles. The predicted octanol–water partition coefficient (Wildman–Crippen LogP) is 3.56. The van der Waals surface area contributed by atoms with E-state index in [0.29, 0.717) is 0 Å². The van der Waals surface area contributed by atoms with Gasteiger partial charge in [0.15, 0.2) is 0 Å². The van der Waals surface area contributed by atoms with Crippen LogP contribution in [0.15, 0.2) is 53.7 Å². The van der Waals surface area contributed by atoms with Crippen LogP contribution < -0.4 is 4.74 Å². The van der Waals surface area contributed by atoms with Crippen LogP contribution in [0.3, 0.4) is 0 Å². The zero-order valence-corrected chi connectivity index (χ0v) is 10.00. The second kappa shape index (κ2) is 3.88. The predicted molar refractivity (Wildman–Crippen MR) is 69.7 cm³/mol. The highest BCUT2D eigenvalue weighted by Gasteiger charge is 2.36. The second-order valence-electron chi connectivity index (χ2n) is 4.54. The van der Waals surface area contributed by atoms with Crippen molar-refractivity contribution in [1.29, 1.82) is 0 Å². The van der Waals surface area contributed by atoms with Crippen molar-refractivity contribution in [2.24, 2.45) is 5.16 Å². The molecule has 0 saturated heterocycles. The van der Waals surface area contributed by atoms with Crippen molar-refractivity contribution in [2.45, 2.75) is 12.3 Å². The molecule has 0 saturated carbocycles. The van der Waals surface area contributed by atoms with Crippen molar-refractivity contribution in [3.63, 3.8) is 0 Å². The molecule has 0 aliphatic carbocycles. The number of nitrogens with zero attached hydrogens (tertiary/aromatic N) is 1. The average Bonchev–Trinajstić information content (AvgIpc) is 2.40. The van der Waals surface area contributed by atoms with Crippen LogP contribution in [0, 0.1) is 0 Å². The Kier molecular flexibility index (Phi) is 2.33. The molecule has 0 fully saturated rings. The quantitative estimate of drug-likeness (QED) is 0.469. The smallest absolute Gasteiger partial charge is 0.131 e. The van der Waals surface area contributed by atoms with Gasteiger partial charge >= 0.3 is 0 Å². The van der Waals surface area contributed by atoms with Crippen LogP contribution in [0.2, 0.25) is 0 Å². The Morgan fingerprint density at radius 2 is 1.50 bits per heavy atom. The lowest BCUT2D eigenvalue weighted by atomic mass is 9.75. The Balaban J connectivity index is 2.31. The molecule has 1 aliphatic heterocycles. The van der Waals surface area contributed by atoms with Crippen LogP contribution in [-0.2, 0) is 5.41 Å². The average molecular weight is 239 g/mol. The molecule has 3 nitrogen and oxygen atoms in total. The molecular weight excluding hydrogens is 226 g/mol. The van der Waals surface area contributed by atoms with E-state index in [4.69, 9.17) is 9.94 Å². The molecule has 1 aliphatic rings. The molecule has 3 rings (SSSR count). The van der Waals surface area contributed by atoms with Crippen LogP contribution in [0.4, 0.5) is 0 Å². The van der Waals surface area contributed by atoms with Crippen molar-refractivity contribution in [1.82, 2.24) is 0 Å². The van der Waals surface area contributed by atoms with Gasteiger partial charge in [0, 0.05) is 11.1 Å². The Hall–Kier alpha value is -2.29. The van der Waals surface area contributed by atoms with Crippen LogP contribution in [0.1, 0.15) is 18.1 Å². The third-order valence-electron chi connectivity index (χ3n) is 3.43. The zero-order chi connectivity index (χ0) is 12.6. The molecule has 0 unspecified atom stereocenters. The van der Waals surface area contributed by atoms with Gasteiger partial charge in [-0.25, -0.2) is 0 Å². The van der Waals surface area contributed by atoms with Crippen molar-refractivity contribution in [3.8, 4) is 11.5 Å². The summed E-state index contributed by atoms with van der Waals surface area (Å²) in [6.07, 6.45) is 1.55. The number of ether oxygens (including phenoxy) is 1. The highest BCUT2D eigenvalue weighted by atomic mass is 16.5. The van der Waals surface area contributed by atoms with E-state index in [0.717, 1.165) is 22.6 Å². The topological polar surface area (TPSA) is 41.8 Å². The molecule has 0 spiro atoms. The first-order valence-electron chi connectivity index (χ1n) is 5.81. The fraction of sp³-hybridized carbons (Fsp3) is 0.133. The van der Waals surface area contributed by atoms with Gasteiger partial charge in [-0.1, -0.05) is 36.4 Å².